The lowest BCUT2D eigenvalue weighted by molar-refractivity contribution is -0.116. The van der Waals surface area contributed by atoms with Crippen LogP contribution < -0.4 is 15.4 Å². The van der Waals surface area contributed by atoms with Crippen LogP contribution in [0, 0.1) is 5.82 Å². The Morgan fingerprint density at radius 1 is 1.03 bits per heavy atom. The van der Waals surface area contributed by atoms with E-state index in [4.69, 9.17) is 4.74 Å². The minimum absolute atomic E-state index is 0.0886. The molecule has 0 heterocycles. The number of halogens is 1. The van der Waals surface area contributed by atoms with Gasteiger partial charge in [-0.15, -0.1) is 0 Å². The van der Waals surface area contributed by atoms with E-state index in [1.807, 2.05) is 12.1 Å². The van der Waals surface area contributed by atoms with E-state index in [1.165, 1.54) is 36.4 Å². The van der Waals surface area contributed by atoms with Gasteiger partial charge < -0.3 is 15.4 Å². The molecule has 1 aliphatic carbocycles. The van der Waals surface area contributed by atoms with Gasteiger partial charge in [0.2, 0.25) is 5.91 Å². The maximum Gasteiger partial charge on any atom is 0.255 e. The number of hydrogen-bond acceptors (Lipinski definition) is 3. The predicted molar refractivity (Wildman–Crippen MR) is 118 cm³/mol. The van der Waals surface area contributed by atoms with E-state index in [2.05, 4.69) is 22.8 Å². The predicted octanol–water partition coefficient (Wildman–Crippen LogP) is 5.15. The Labute approximate surface area is 180 Å². The molecule has 1 unspecified atom stereocenters. The van der Waals surface area contributed by atoms with Gasteiger partial charge in [0, 0.05) is 17.7 Å². The van der Waals surface area contributed by atoms with Crippen molar-refractivity contribution in [2.75, 3.05) is 17.7 Å². The number of carbonyl (C=O) groups excluding carboxylic acids is 2. The second kappa shape index (κ2) is 9.00. The van der Waals surface area contributed by atoms with Crippen molar-refractivity contribution in [3.05, 3.63) is 89.2 Å². The van der Waals surface area contributed by atoms with Gasteiger partial charge in [0.25, 0.3) is 5.91 Å². The summed E-state index contributed by atoms with van der Waals surface area (Å²) in [5.74, 6) is -0.402. The first-order valence-corrected chi connectivity index (χ1v) is 10.2. The van der Waals surface area contributed by atoms with Crippen LogP contribution in [0.15, 0.2) is 66.7 Å². The van der Waals surface area contributed by atoms with Crippen molar-refractivity contribution in [1.82, 2.24) is 0 Å². The van der Waals surface area contributed by atoms with Crippen LogP contribution >= 0.6 is 0 Å². The Balaban J connectivity index is 1.46. The third kappa shape index (κ3) is 4.74. The lowest BCUT2D eigenvalue weighted by atomic mass is 9.97. The van der Waals surface area contributed by atoms with Gasteiger partial charge in [-0.3, -0.25) is 9.59 Å². The monoisotopic (exact) mass is 418 g/mol. The smallest absolute Gasteiger partial charge is 0.255 e. The van der Waals surface area contributed by atoms with Gasteiger partial charge in [-0.2, -0.15) is 0 Å². The Kier molecular flexibility index (Phi) is 5.98. The normalized spacial score (nSPS) is 14.6. The Bertz CT molecular complexity index is 1130. The summed E-state index contributed by atoms with van der Waals surface area (Å²) in [6.07, 6.45) is 2.35. The minimum Gasteiger partial charge on any atom is -0.495 e. The van der Waals surface area contributed by atoms with Crippen LogP contribution in [0.1, 0.15) is 40.2 Å². The van der Waals surface area contributed by atoms with E-state index >= 15 is 0 Å². The van der Waals surface area contributed by atoms with Crippen LogP contribution in [0.2, 0.25) is 0 Å². The van der Waals surface area contributed by atoms with E-state index in [0.717, 1.165) is 18.9 Å². The fraction of sp³-hybridized carbons (Fsp3) is 0.200. The summed E-state index contributed by atoms with van der Waals surface area (Å²) in [5, 5.41) is 5.63. The summed E-state index contributed by atoms with van der Waals surface area (Å²) in [4.78, 5) is 25.1. The number of benzene rings is 3. The fourth-order valence-corrected chi connectivity index (χ4v) is 4.00. The molecular weight excluding hydrogens is 395 g/mol. The SMILES string of the molecule is COc1ccc(NC(=O)CC2CCc3ccccc32)cc1NC(=O)c1cccc(F)c1. The Hall–Kier alpha value is -3.67. The van der Waals surface area contributed by atoms with Crippen molar-refractivity contribution < 1.29 is 18.7 Å². The van der Waals surface area contributed by atoms with Crippen molar-refractivity contribution in [1.29, 1.82) is 0 Å². The topological polar surface area (TPSA) is 67.4 Å². The van der Waals surface area contributed by atoms with Gasteiger partial charge in [0.05, 0.1) is 12.8 Å². The summed E-state index contributed by atoms with van der Waals surface area (Å²) in [6.45, 7) is 0. The zero-order valence-corrected chi connectivity index (χ0v) is 17.2. The molecule has 2 N–H and O–H groups in total. The molecule has 1 aliphatic rings. The molecule has 3 aromatic carbocycles. The first-order chi connectivity index (χ1) is 15.0. The quantitative estimate of drug-likeness (QED) is 0.582. The molecule has 0 spiro atoms. The molecule has 31 heavy (non-hydrogen) atoms. The van der Waals surface area contributed by atoms with Gasteiger partial charge in [0.1, 0.15) is 11.6 Å². The van der Waals surface area contributed by atoms with Crippen LogP contribution in [0.5, 0.6) is 5.75 Å². The highest BCUT2D eigenvalue weighted by Crippen LogP contribution is 2.35. The average molecular weight is 418 g/mol. The van der Waals surface area contributed by atoms with Crippen molar-refractivity contribution in [2.24, 2.45) is 0 Å². The van der Waals surface area contributed by atoms with E-state index in [0.29, 0.717) is 23.5 Å². The van der Waals surface area contributed by atoms with Crippen LogP contribution in [-0.2, 0) is 11.2 Å². The number of anilines is 2. The molecular formula is C25H23FN2O3. The number of ether oxygens (including phenoxy) is 1. The summed E-state index contributed by atoms with van der Waals surface area (Å²) >= 11 is 0. The molecule has 0 saturated heterocycles. The van der Waals surface area contributed by atoms with E-state index in [-0.39, 0.29) is 17.4 Å². The fourth-order valence-electron chi connectivity index (χ4n) is 4.00. The maximum atomic E-state index is 13.4. The highest BCUT2D eigenvalue weighted by molar-refractivity contribution is 6.05. The molecule has 2 amide bonds. The van der Waals surface area contributed by atoms with Gasteiger partial charge in [-0.05, 0) is 66.3 Å². The summed E-state index contributed by atoms with van der Waals surface area (Å²) in [7, 11) is 1.49. The summed E-state index contributed by atoms with van der Waals surface area (Å²) in [5.41, 5.74) is 3.69. The third-order valence-corrected chi connectivity index (χ3v) is 5.51. The molecule has 158 valence electrons. The molecule has 0 bridgehead atoms. The van der Waals surface area contributed by atoms with Gasteiger partial charge in [-0.1, -0.05) is 30.3 Å². The summed E-state index contributed by atoms with van der Waals surface area (Å²) in [6, 6.07) is 18.7. The van der Waals surface area contributed by atoms with Crippen LogP contribution in [0.4, 0.5) is 15.8 Å². The van der Waals surface area contributed by atoms with Crippen molar-refractivity contribution in [2.45, 2.75) is 25.2 Å². The summed E-state index contributed by atoms with van der Waals surface area (Å²) < 4.78 is 18.7. The van der Waals surface area contributed by atoms with E-state index in [9.17, 15) is 14.0 Å². The zero-order valence-electron chi connectivity index (χ0n) is 17.2. The number of rotatable bonds is 6. The molecule has 0 fully saturated rings. The molecule has 0 aromatic heterocycles. The number of aryl methyl sites for hydroxylation is 1. The number of hydrogen-bond donors (Lipinski definition) is 2. The van der Waals surface area contributed by atoms with E-state index < -0.39 is 11.7 Å². The second-order valence-corrected chi connectivity index (χ2v) is 7.57. The lowest BCUT2D eigenvalue weighted by Gasteiger charge is -2.14. The Morgan fingerprint density at radius 2 is 1.87 bits per heavy atom. The second-order valence-electron chi connectivity index (χ2n) is 7.57. The highest BCUT2D eigenvalue weighted by atomic mass is 19.1. The molecule has 1 atom stereocenters. The van der Waals surface area contributed by atoms with Gasteiger partial charge in [0.15, 0.2) is 0 Å². The molecule has 3 aromatic rings. The molecule has 4 rings (SSSR count). The van der Waals surface area contributed by atoms with Crippen molar-refractivity contribution in [3.8, 4) is 5.75 Å². The number of carbonyl (C=O) groups is 2. The van der Waals surface area contributed by atoms with Gasteiger partial charge >= 0.3 is 0 Å². The van der Waals surface area contributed by atoms with Crippen LogP contribution in [0.3, 0.4) is 0 Å². The number of nitrogens with one attached hydrogen (secondary N) is 2. The largest absolute Gasteiger partial charge is 0.495 e. The molecule has 0 radical (unpaired) electrons. The first kappa shape index (κ1) is 20.6. The molecule has 0 saturated carbocycles. The third-order valence-electron chi connectivity index (χ3n) is 5.51. The van der Waals surface area contributed by atoms with Crippen molar-refractivity contribution in [3.63, 3.8) is 0 Å². The zero-order chi connectivity index (χ0) is 21.8. The highest BCUT2D eigenvalue weighted by Gasteiger charge is 2.24. The molecule has 5 nitrogen and oxygen atoms in total. The molecule has 0 aliphatic heterocycles. The van der Waals surface area contributed by atoms with Crippen molar-refractivity contribution >= 4 is 23.2 Å². The van der Waals surface area contributed by atoms with Crippen LogP contribution in [-0.4, -0.2) is 18.9 Å². The standard InChI is InChI=1S/C25H23FN2O3/c1-31-23-12-11-20(15-22(23)28-25(30)18-6-4-7-19(26)13-18)27-24(29)14-17-10-9-16-5-2-3-8-21(16)17/h2-8,11-13,15,17H,9-10,14H2,1H3,(H,27,29)(H,28,30). The number of amides is 2. The Morgan fingerprint density at radius 3 is 2.68 bits per heavy atom. The minimum atomic E-state index is -0.492. The number of fused-ring (bicyclic) bond motifs is 1. The maximum absolute atomic E-state index is 13.4. The molecule has 6 heteroatoms. The first-order valence-electron chi connectivity index (χ1n) is 10.2. The van der Waals surface area contributed by atoms with Crippen LogP contribution in [0.25, 0.3) is 0 Å². The lowest BCUT2D eigenvalue weighted by Crippen LogP contribution is -2.16. The number of methoxy groups -OCH3 is 1. The average Bonchev–Trinajstić information content (AvgIpc) is 3.16. The van der Waals surface area contributed by atoms with E-state index in [1.54, 1.807) is 18.2 Å². The van der Waals surface area contributed by atoms with Gasteiger partial charge in [-0.25, -0.2) is 4.39 Å².